The van der Waals surface area contributed by atoms with Crippen LogP contribution in [0.3, 0.4) is 0 Å². The van der Waals surface area contributed by atoms with Crippen LogP contribution in [-0.2, 0) is 9.53 Å². The standard InChI is InChI=1S/C27H28ClN3O3/c1-18-23(13-19-5-9-31(10-6-19)27(33)21-7-11-34-12-8-21)15-24(28)16-25(18)30-26(32)22-4-2-3-20(14-22)17-29/h2-4,13-16,21H,5-12H2,1H3,(H,30,32). The van der Waals surface area contributed by atoms with E-state index >= 15 is 0 Å². The maximum Gasteiger partial charge on any atom is 0.255 e. The molecule has 2 heterocycles. The van der Waals surface area contributed by atoms with Crippen LogP contribution in [0.15, 0.2) is 42.0 Å². The first-order chi connectivity index (χ1) is 16.4. The monoisotopic (exact) mass is 477 g/mol. The maximum absolute atomic E-state index is 12.8. The molecule has 6 nitrogen and oxygen atoms in total. The zero-order valence-corrected chi connectivity index (χ0v) is 20.0. The minimum atomic E-state index is -0.291. The summed E-state index contributed by atoms with van der Waals surface area (Å²) in [5.74, 6) is 0.0576. The highest BCUT2D eigenvalue weighted by molar-refractivity contribution is 6.31. The third-order valence-electron chi connectivity index (χ3n) is 6.56. The second-order valence-electron chi connectivity index (χ2n) is 8.83. The molecular formula is C27H28ClN3O3. The number of nitriles is 1. The van der Waals surface area contributed by atoms with Gasteiger partial charge in [-0.2, -0.15) is 5.26 Å². The number of nitrogens with one attached hydrogen (secondary N) is 1. The van der Waals surface area contributed by atoms with E-state index in [-0.39, 0.29) is 17.7 Å². The fourth-order valence-corrected chi connectivity index (χ4v) is 4.71. The zero-order valence-electron chi connectivity index (χ0n) is 19.3. The summed E-state index contributed by atoms with van der Waals surface area (Å²) in [6.07, 6.45) is 5.40. The van der Waals surface area contributed by atoms with Crippen LogP contribution in [-0.4, -0.2) is 43.0 Å². The Morgan fingerprint density at radius 2 is 1.91 bits per heavy atom. The molecule has 2 aliphatic rings. The molecule has 2 amide bonds. The minimum Gasteiger partial charge on any atom is -0.381 e. The van der Waals surface area contributed by atoms with Gasteiger partial charge in [-0.15, -0.1) is 0 Å². The number of hydrogen-bond donors (Lipinski definition) is 1. The highest BCUT2D eigenvalue weighted by atomic mass is 35.5. The van der Waals surface area contributed by atoms with Crippen LogP contribution >= 0.6 is 11.6 Å². The van der Waals surface area contributed by atoms with Gasteiger partial charge >= 0.3 is 0 Å². The van der Waals surface area contributed by atoms with Crippen molar-refractivity contribution in [3.8, 4) is 6.07 Å². The van der Waals surface area contributed by atoms with Gasteiger partial charge in [-0.1, -0.05) is 29.3 Å². The fourth-order valence-electron chi connectivity index (χ4n) is 4.49. The first-order valence-electron chi connectivity index (χ1n) is 11.6. The van der Waals surface area contributed by atoms with E-state index in [1.54, 1.807) is 30.3 Å². The Hall–Kier alpha value is -3.14. The topological polar surface area (TPSA) is 82.4 Å². The van der Waals surface area contributed by atoms with E-state index < -0.39 is 0 Å². The van der Waals surface area contributed by atoms with Gasteiger partial charge in [-0.25, -0.2) is 0 Å². The molecular weight excluding hydrogens is 450 g/mol. The quantitative estimate of drug-likeness (QED) is 0.655. The Balaban J connectivity index is 1.45. The van der Waals surface area contributed by atoms with E-state index in [4.69, 9.17) is 21.6 Å². The number of benzene rings is 2. The second kappa shape index (κ2) is 10.9. The van der Waals surface area contributed by atoms with Crippen molar-refractivity contribution in [3.63, 3.8) is 0 Å². The first-order valence-corrected chi connectivity index (χ1v) is 12.0. The van der Waals surface area contributed by atoms with Crippen LogP contribution in [0.2, 0.25) is 5.02 Å². The second-order valence-corrected chi connectivity index (χ2v) is 9.27. The highest BCUT2D eigenvalue weighted by Crippen LogP contribution is 2.30. The number of hydrogen-bond acceptors (Lipinski definition) is 4. The van der Waals surface area contributed by atoms with E-state index in [1.165, 1.54) is 5.57 Å². The molecule has 34 heavy (non-hydrogen) atoms. The van der Waals surface area contributed by atoms with Gasteiger partial charge in [-0.3, -0.25) is 9.59 Å². The number of anilines is 1. The van der Waals surface area contributed by atoms with Gasteiger partial charge in [-0.05, 0) is 74.1 Å². The lowest BCUT2D eigenvalue weighted by Gasteiger charge is -2.33. The number of amides is 2. The molecule has 2 aliphatic heterocycles. The van der Waals surface area contributed by atoms with Crippen LogP contribution < -0.4 is 5.32 Å². The van der Waals surface area contributed by atoms with E-state index in [1.807, 2.05) is 17.9 Å². The normalized spacial score (nSPS) is 16.6. The summed E-state index contributed by atoms with van der Waals surface area (Å²) in [6, 6.07) is 12.3. The first kappa shape index (κ1) is 24.0. The lowest BCUT2D eigenvalue weighted by atomic mass is 9.95. The van der Waals surface area contributed by atoms with Gasteiger partial charge in [0.25, 0.3) is 5.91 Å². The lowest BCUT2D eigenvalue weighted by molar-refractivity contribution is -0.138. The van der Waals surface area contributed by atoms with Crippen molar-refractivity contribution in [3.05, 3.63) is 69.2 Å². The Morgan fingerprint density at radius 3 is 2.62 bits per heavy atom. The van der Waals surface area contributed by atoms with Crippen molar-refractivity contribution in [1.29, 1.82) is 5.26 Å². The maximum atomic E-state index is 12.8. The molecule has 176 valence electrons. The van der Waals surface area contributed by atoms with Crippen LogP contribution in [0.25, 0.3) is 6.08 Å². The van der Waals surface area contributed by atoms with Gasteiger partial charge < -0.3 is 15.0 Å². The summed E-state index contributed by atoms with van der Waals surface area (Å²) >= 11 is 6.38. The molecule has 1 N–H and O–H groups in total. The third-order valence-corrected chi connectivity index (χ3v) is 6.78. The predicted octanol–water partition coefficient (Wildman–Crippen LogP) is 5.20. The average Bonchev–Trinajstić information content (AvgIpc) is 2.87. The molecule has 0 unspecified atom stereocenters. The smallest absolute Gasteiger partial charge is 0.255 e. The van der Waals surface area contributed by atoms with Crippen molar-refractivity contribution in [2.24, 2.45) is 5.92 Å². The van der Waals surface area contributed by atoms with E-state index in [2.05, 4.69) is 17.5 Å². The molecule has 0 aliphatic carbocycles. The van der Waals surface area contributed by atoms with Gasteiger partial charge in [0.15, 0.2) is 0 Å². The summed E-state index contributed by atoms with van der Waals surface area (Å²) in [5.41, 5.74) is 4.62. The number of likely N-dealkylation sites (tertiary alicyclic amines) is 1. The van der Waals surface area contributed by atoms with Crippen LogP contribution in [0, 0.1) is 24.2 Å². The van der Waals surface area contributed by atoms with Crippen LogP contribution in [0.1, 0.15) is 52.7 Å². The molecule has 0 bridgehead atoms. The molecule has 2 aromatic rings. The van der Waals surface area contributed by atoms with E-state index in [9.17, 15) is 9.59 Å². The summed E-state index contributed by atoms with van der Waals surface area (Å²) in [4.78, 5) is 27.5. The Labute approximate surface area is 205 Å². The number of piperidine rings is 1. The van der Waals surface area contributed by atoms with Crippen molar-refractivity contribution in [2.75, 3.05) is 31.6 Å². The molecule has 2 saturated heterocycles. The Bertz CT molecular complexity index is 1150. The van der Waals surface area contributed by atoms with Gasteiger partial charge in [0.1, 0.15) is 0 Å². The molecule has 0 atom stereocenters. The molecule has 0 radical (unpaired) electrons. The molecule has 0 saturated carbocycles. The number of nitrogens with zero attached hydrogens (tertiary/aromatic N) is 2. The molecule has 7 heteroatoms. The Morgan fingerprint density at radius 1 is 1.18 bits per heavy atom. The van der Waals surface area contributed by atoms with E-state index in [0.717, 1.165) is 49.9 Å². The fraction of sp³-hybridized carbons (Fsp3) is 0.370. The largest absolute Gasteiger partial charge is 0.381 e. The van der Waals surface area contributed by atoms with Gasteiger partial charge in [0, 0.05) is 48.5 Å². The van der Waals surface area contributed by atoms with Gasteiger partial charge in [0.05, 0.1) is 11.6 Å². The minimum absolute atomic E-state index is 0.0921. The third kappa shape index (κ3) is 5.67. The van der Waals surface area contributed by atoms with Crippen molar-refractivity contribution in [1.82, 2.24) is 4.90 Å². The van der Waals surface area contributed by atoms with Gasteiger partial charge in [0.2, 0.25) is 5.91 Å². The number of ether oxygens (including phenoxy) is 1. The average molecular weight is 478 g/mol. The Kier molecular flexibility index (Phi) is 7.66. The summed E-state index contributed by atoms with van der Waals surface area (Å²) < 4.78 is 5.38. The van der Waals surface area contributed by atoms with Crippen molar-refractivity contribution < 1.29 is 14.3 Å². The predicted molar refractivity (Wildman–Crippen MR) is 133 cm³/mol. The lowest BCUT2D eigenvalue weighted by Crippen LogP contribution is -2.41. The number of carbonyl (C=O) groups excluding carboxylic acids is 2. The summed E-state index contributed by atoms with van der Waals surface area (Å²) in [6.45, 7) is 4.74. The zero-order chi connectivity index (χ0) is 24.1. The van der Waals surface area contributed by atoms with Crippen molar-refractivity contribution >= 4 is 35.2 Å². The summed E-state index contributed by atoms with van der Waals surface area (Å²) in [5, 5.41) is 12.5. The molecule has 0 aromatic heterocycles. The summed E-state index contributed by atoms with van der Waals surface area (Å²) in [7, 11) is 0. The highest BCUT2D eigenvalue weighted by Gasteiger charge is 2.28. The molecule has 2 fully saturated rings. The number of carbonyl (C=O) groups is 2. The SMILES string of the molecule is Cc1c(C=C2CCN(C(=O)C3CCOCC3)CC2)cc(Cl)cc1NC(=O)c1cccc(C#N)c1. The molecule has 2 aromatic carbocycles. The van der Waals surface area contributed by atoms with Crippen LogP contribution in [0.4, 0.5) is 5.69 Å². The molecule has 4 rings (SSSR count). The number of rotatable bonds is 4. The van der Waals surface area contributed by atoms with Crippen LogP contribution in [0.5, 0.6) is 0 Å². The van der Waals surface area contributed by atoms with E-state index in [0.29, 0.717) is 35.1 Å². The van der Waals surface area contributed by atoms with Crippen molar-refractivity contribution in [2.45, 2.75) is 32.6 Å². The number of halogens is 1. The molecule has 0 spiro atoms.